The highest BCUT2D eigenvalue weighted by Gasteiger charge is 2.43. The van der Waals surface area contributed by atoms with Crippen LogP contribution in [-0.4, -0.2) is 18.1 Å². The topological polar surface area (TPSA) is 38.3 Å². The Labute approximate surface area is 135 Å². The van der Waals surface area contributed by atoms with Crippen LogP contribution in [0, 0.1) is 5.92 Å². The van der Waals surface area contributed by atoms with Crippen molar-refractivity contribution in [1.82, 2.24) is 0 Å². The van der Waals surface area contributed by atoms with Crippen molar-refractivity contribution in [2.24, 2.45) is 5.92 Å². The van der Waals surface area contributed by atoms with Crippen LogP contribution in [0.2, 0.25) is 0 Å². The summed E-state index contributed by atoms with van der Waals surface area (Å²) in [4.78, 5) is 12.6. The van der Waals surface area contributed by atoms with Crippen LogP contribution >= 0.6 is 15.9 Å². The smallest absolute Gasteiger partial charge is 0.331 e. The molecule has 1 aromatic rings. The maximum absolute atomic E-state index is 12.6. The zero-order chi connectivity index (χ0) is 15.3. The molecule has 0 amide bonds. The van der Waals surface area contributed by atoms with Crippen molar-refractivity contribution in [3.63, 3.8) is 0 Å². The van der Waals surface area contributed by atoms with E-state index in [0.29, 0.717) is 12.5 Å². The summed E-state index contributed by atoms with van der Waals surface area (Å²) in [5.41, 5.74) is 0.393. The minimum absolute atomic E-state index is 0.108. The lowest BCUT2D eigenvalue weighted by molar-refractivity contribution is -0.150. The normalized spacial score (nSPS) is 25.4. The molecule has 0 heterocycles. The molecule has 116 valence electrons. The molecule has 0 saturated heterocycles. The van der Waals surface area contributed by atoms with Crippen molar-refractivity contribution in [1.29, 1.82) is 0 Å². The van der Waals surface area contributed by atoms with E-state index in [1.54, 1.807) is 0 Å². The third kappa shape index (κ3) is 4.00. The zero-order valence-corrected chi connectivity index (χ0v) is 14.4. The molecule has 1 saturated carbocycles. The SMILES string of the molecule is CCOC(=O)C1(Nc2cccc(Br)c2)CCCC(CC)C1. The number of ether oxygens (including phenoxy) is 1. The molecule has 2 unspecified atom stereocenters. The Balaban J connectivity index is 2.25. The number of carbonyl (C=O) groups is 1. The first-order valence-electron chi connectivity index (χ1n) is 7.80. The molecule has 1 fully saturated rings. The Kier molecular flexibility index (Phi) is 5.68. The minimum atomic E-state index is -0.574. The monoisotopic (exact) mass is 353 g/mol. The fourth-order valence-corrected chi connectivity index (χ4v) is 3.60. The van der Waals surface area contributed by atoms with E-state index in [2.05, 4.69) is 28.2 Å². The molecule has 1 N–H and O–H groups in total. The Morgan fingerprint density at radius 3 is 2.95 bits per heavy atom. The van der Waals surface area contributed by atoms with Gasteiger partial charge in [0, 0.05) is 10.2 Å². The number of benzene rings is 1. The highest BCUT2D eigenvalue weighted by molar-refractivity contribution is 9.10. The fourth-order valence-electron chi connectivity index (χ4n) is 3.20. The molecule has 0 spiro atoms. The number of halogens is 1. The maximum Gasteiger partial charge on any atom is 0.331 e. The van der Waals surface area contributed by atoms with E-state index in [1.165, 1.54) is 6.42 Å². The number of carbonyl (C=O) groups excluding carboxylic acids is 1. The second kappa shape index (κ2) is 7.30. The van der Waals surface area contributed by atoms with E-state index in [4.69, 9.17) is 4.74 Å². The average molecular weight is 354 g/mol. The minimum Gasteiger partial charge on any atom is -0.464 e. The average Bonchev–Trinajstić information content (AvgIpc) is 2.47. The summed E-state index contributed by atoms with van der Waals surface area (Å²) in [6.45, 7) is 4.49. The van der Waals surface area contributed by atoms with Gasteiger partial charge in [-0.1, -0.05) is 48.2 Å². The van der Waals surface area contributed by atoms with E-state index in [-0.39, 0.29) is 5.97 Å². The fraction of sp³-hybridized carbons (Fsp3) is 0.588. The van der Waals surface area contributed by atoms with Gasteiger partial charge in [0.25, 0.3) is 0 Å². The first-order chi connectivity index (χ1) is 10.1. The number of rotatable bonds is 5. The Morgan fingerprint density at radius 2 is 2.29 bits per heavy atom. The first-order valence-corrected chi connectivity index (χ1v) is 8.60. The number of anilines is 1. The first kappa shape index (κ1) is 16.3. The van der Waals surface area contributed by atoms with Crippen LogP contribution in [0.15, 0.2) is 28.7 Å². The zero-order valence-electron chi connectivity index (χ0n) is 12.8. The molecule has 21 heavy (non-hydrogen) atoms. The Hall–Kier alpha value is -1.03. The van der Waals surface area contributed by atoms with Crippen LogP contribution in [0.4, 0.5) is 5.69 Å². The lowest BCUT2D eigenvalue weighted by Gasteiger charge is -2.40. The molecular formula is C17H24BrNO2. The molecule has 4 heteroatoms. The van der Waals surface area contributed by atoms with E-state index >= 15 is 0 Å². The maximum atomic E-state index is 12.6. The summed E-state index contributed by atoms with van der Waals surface area (Å²) in [5.74, 6) is 0.478. The van der Waals surface area contributed by atoms with Crippen molar-refractivity contribution in [2.75, 3.05) is 11.9 Å². The van der Waals surface area contributed by atoms with Gasteiger partial charge in [-0.3, -0.25) is 0 Å². The summed E-state index contributed by atoms with van der Waals surface area (Å²) in [6, 6.07) is 7.97. The summed E-state index contributed by atoms with van der Waals surface area (Å²) in [6.07, 6.45) is 5.08. The summed E-state index contributed by atoms with van der Waals surface area (Å²) in [5, 5.41) is 3.48. The van der Waals surface area contributed by atoms with Crippen LogP contribution in [0.1, 0.15) is 46.0 Å². The Morgan fingerprint density at radius 1 is 1.48 bits per heavy atom. The van der Waals surface area contributed by atoms with Gasteiger partial charge in [0.15, 0.2) is 0 Å². The molecule has 0 aliphatic heterocycles. The third-order valence-electron chi connectivity index (χ3n) is 4.30. The molecule has 3 nitrogen and oxygen atoms in total. The highest BCUT2D eigenvalue weighted by atomic mass is 79.9. The van der Waals surface area contributed by atoms with Gasteiger partial charge in [-0.2, -0.15) is 0 Å². The molecule has 0 radical (unpaired) electrons. The van der Waals surface area contributed by atoms with Gasteiger partial charge in [0.2, 0.25) is 0 Å². The largest absolute Gasteiger partial charge is 0.464 e. The van der Waals surface area contributed by atoms with E-state index in [0.717, 1.165) is 35.8 Å². The van der Waals surface area contributed by atoms with Gasteiger partial charge < -0.3 is 10.1 Å². The molecule has 0 bridgehead atoms. The van der Waals surface area contributed by atoms with Crippen molar-refractivity contribution in [3.05, 3.63) is 28.7 Å². The van der Waals surface area contributed by atoms with Crippen molar-refractivity contribution >= 4 is 27.6 Å². The van der Waals surface area contributed by atoms with Crippen LogP contribution in [0.25, 0.3) is 0 Å². The standard InChI is InChI=1S/C17H24BrNO2/c1-3-13-7-6-10-17(12-13,16(20)21-4-2)19-15-9-5-8-14(18)11-15/h5,8-9,11,13,19H,3-4,6-7,10,12H2,1-2H3. The van der Waals surface area contributed by atoms with Crippen molar-refractivity contribution in [2.45, 2.75) is 51.5 Å². The van der Waals surface area contributed by atoms with Crippen LogP contribution in [-0.2, 0) is 9.53 Å². The van der Waals surface area contributed by atoms with Gasteiger partial charge in [0.05, 0.1) is 6.61 Å². The summed E-state index contributed by atoms with van der Waals surface area (Å²) in [7, 11) is 0. The van der Waals surface area contributed by atoms with E-state index < -0.39 is 5.54 Å². The van der Waals surface area contributed by atoms with E-state index in [1.807, 2.05) is 31.2 Å². The second-order valence-corrected chi connectivity index (χ2v) is 6.72. The van der Waals surface area contributed by atoms with Gasteiger partial charge in [-0.15, -0.1) is 0 Å². The number of esters is 1. The molecule has 1 aliphatic carbocycles. The lowest BCUT2D eigenvalue weighted by Crippen LogP contribution is -2.50. The predicted molar refractivity (Wildman–Crippen MR) is 89.4 cm³/mol. The number of nitrogens with one attached hydrogen (secondary N) is 1. The molecule has 1 aliphatic rings. The number of hydrogen-bond donors (Lipinski definition) is 1. The molecule has 2 atom stereocenters. The van der Waals surface area contributed by atoms with Gasteiger partial charge >= 0.3 is 5.97 Å². The third-order valence-corrected chi connectivity index (χ3v) is 4.80. The van der Waals surface area contributed by atoms with Crippen LogP contribution < -0.4 is 5.32 Å². The molecular weight excluding hydrogens is 330 g/mol. The van der Waals surface area contributed by atoms with Crippen LogP contribution in [0.3, 0.4) is 0 Å². The number of hydrogen-bond acceptors (Lipinski definition) is 3. The quantitative estimate of drug-likeness (QED) is 0.775. The second-order valence-electron chi connectivity index (χ2n) is 5.81. The predicted octanol–water partition coefficient (Wildman–Crippen LogP) is 4.76. The highest BCUT2D eigenvalue weighted by Crippen LogP contribution is 2.38. The van der Waals surface area contributed by atoms with Gasteiger partial charge in [-0.05, 0) is 43.9 Å². The van der Waals surface area contributed by atoms with Crippen molar-refractivity contribution < 1.29 is 9.53 Å². The van der Waals surface area contributed by atoms with E-state index in [9.17, 15) is 4.79 Å². The lowest BCUT2D eigenvalue weighted by atomic mass is 9.74. The summed E-state index contributed by atoms with van der Waals surface area (Å²) >= 11 is 3.48. The Bertz CT molecular complexity index is 491. The molecule has 1 aromatic carbocycles. The molecule has 2 rings (SSSR count). The molecule has 0 aromatic heterocycles. The summed E-state index contributed by atoms with van der Waals surface area (Å²) < 4.78 is 6.38. The van der Waals surface area contributed by atoms with Crippen molar-refractivity contribution in [3.8, 4) is 0 Å². The van der Waals surface area contributed by atoms with Crippen LogP contribution in [0.5, 0.6) is 0 Å². The van der Waals surface area contributed by atoms with Gasteiger partial charge in [-0.25, -0.2) is 4.79 Å². The van der Waals surface area contributed by atoms with Gasteiger partial charge in [0.1, 0.15) is 5.54 Å².